The first-order chi connectivity index (χ1) is 18.1. The Morgan fingerprint density at radius 2 is 0.757 bits per heavy atom. The van der Waals surface area contributed by atoms with E-state index in [0.29, 0.717) is 13.2 Å². The number of esters is 2. The number of ether oxygens (including phenoxy) is 2. The van der Waals surface area contributed by atoms with Gasteiger partial charge in [-0.15, -0.1) is 0 Å². The molecule has 0 heterocycles. The van der Waals surface area contributed by atoms with Gasteiger partial charge in [-0.1, -0.05) is 162 Å². The van der Waals surface area contributed by atoms with Crippen LogP contribution in [0, 0.1) is 5.92 Å². The fourth-order valence-electron chi connectivity index (χ4n) is 4.78. The van der Waals surface area contributed by atoms with Crippen LogP contribution in [0.2, 0.25) is 0 Å². The molecular formula is C33H64O4. The largest absolute Gasteiger partial charge is 0.466 e. The van der Waals surface area contributed by atoms with Crippen molar-refractivity contribution in [3.05, 3.63) is 0 Å². The molecule has 0 aliphatic heterocycles. The van der Waals surface area contributed by atoms with E-state index >= 15 is 0 Å². The summed E-state index contributed by atoms with van der Waals surface area (Å²) in [5, 5.41) is 0. The molecule has 0 aromatic carbocycles. The highest BCUT2D eigenvalue weighted by Crippen LogP contribution is 2.14. The second kappa shape index (κ2) is 29.5. The summed E-state index contributed by atoms with van der Waals surface area (Å²) in [6, 6.07) is 0. The van der Waals surface area contributed by atoms with Gasteiger partial charge >= 0.3 is 11.9 Å². The lowest BCUT2D eigenvalue weighted by Crippen LogP contribution is -2.20. The average molecular weight is 525 g/mol. The van der Waals surface area contributed by atoms with Crippen molar-refractivity contribution in [3.8, 4) is 0 Å². The molecule has 0 N–H and O–H groups in total. The molecular weight excluding hydrogens is 460 g/mol. The lowest BCUT2D eigenvalue weighted by Gasteiger charge is -2.11. The minimum atomic E-state index is -0.424. The summed E-state index contributed by atoms with van der Waals surface area (Å²) in [6.07, 6.45) is 31.1. The number of hydrogen-bond acceptors (Lipinski definition) is 4. The van der Waals surface area contributed by atoms with Crippen LogP contribution in [0.15, 0.2) is 0 Å². The normalized spacial score (nSPS) is 12.0. The third kappa shape index (κ3) is 27.8. The average Bonchev–Trinajstić information content (AvgIpc) is 2.89. The van der Waals surface area contributed by atoms with E-state index in [0.717, 1.165) is 25.7 Å². The predicted molar refractivity (Wildman–Crippen MR) is 158 cm³/mol. The maximum Gasteiger partial charge on any atom is 0.309 e. The van der Waals surface area contributed by atoms with Crippen molar-refractivity contribution >= 4 is 11.9 Å². The lowest BCUT2D eigenvalue weighted by molar-refractivity contribution is -0.154. The third-order valence-electron chi connectivity index (χ3n) is 7.38. The number of carbonyl (C=O) groups excluding carboxylic acids is 2. The first-order valence-electron chi connectivity index (χ1n) is 16.4. The lowest BCUT2D eigenvalue weighted by atomic mass is 10.1. The van der Waals surface area contributed by atoms with Crippen molar-refractivity contribution in [1.82, 2.24) is 0 Å². The molecule has 0 aromatic heterocycles. The van der Waals surface area contributed by atoms with Crippen LogP contribution in [0.3, 0.4) is 0 Å². The van der Waals surface area contributed by atoms with Gasteiger partial charge in [0.15, 0.2) is 0 Å². The van der Waals surface area contributed by atoms with Crippen molar-refractivity contribution in [2.45, 2.75) is 181 Å². The van der Waals surface area contributed by atoms with Gasteiger partial charge in [0.05, 0.1) is 25.6 Å². The van der Waals surface area contributed by atoms with Crippen molar-refractivity contribution < 1.29 is 19.1 Å². The van der Waals surface area contributed by atoms with Gasteiger partial charge in [-0.05, 0) is 12.8 Å². The smallest absolute Gasteiger partial charge is 0.309 e. The van der Waals surface area contributed by atoms with Gasteiger partial charge in [0, 0.05) is 0 Å². The Bertz CT molecular complexity index is 491. The molecule has 0 amide bonds. The topological polar surface area (TPSA) is 52.6 Å². The van der Waals surface area contributed by atoms with E-state index in [9.17, 15) is 9.59 Å². The van der Waals surface area contributed by atoms with Gasteiger partial charge in [-0.2, -0.15) is 0 Å². The summed E-state index contributed by atoms with van der Waals surface area (Å²) in [5.41, 5.74) is 0. The molecule has 0 spiro atoms. The van der Waals surface area contributed by atoms with E-state index in [1.807, 2.05) is 0 Å². The van der Waals surface area contributed by atoms with Crippen molar-refractivity contribution in [2.24, 2.45) is 5.92 Å². The van der Waals surface area contributed by atoms with Crippen molar-refractivity contribution in [1.29, 1.82) is 0 Å². The third-order valence-corrected chi connectivity index (χ3v) is 7.38. The molecule has 0 radical (unpaired) electrons. The van der Waals surface area contributed by atoms with Crippen LogP contribution in [0.25, 0.3) is 0 Å². The molecule has 1 unspecified atom stereocenters. The van der Waals surface area contributed by atoms with Crippen LogP contribution < -0.4 is 0 Å². The van der Waals surface area contributed by atoms with Crippen molar-refractivity contribution in [3.63, 3.8) is 0 Å². The highest BCUT2D eigenvalue weighted by Gasteiger charge is 2.19. The van der Waals surface area contributed by atoms with Gasteiger partial charge in [0.25, 0.3) is 0 Å². The first kappa shape index (κ1) is 35.9. The summed E-state index contributed by atoms with van der Waals surface area (Å²) < 4.78 is 10.7. The zero-order valence-electron chi connectivity index (χ0n) is 25.3. The van der Waals surface area contributed by atoms with Gasteiger partial charge in [-0.3, -0.25) is 9.59 Å². The van der Waals surface area contributed by atoms with E-state index in [-0.39, 0.29) is 18.4 Å². The van der Waals surface area contributed by atoms with E-state index in [2.05, 4.69) is 13.8 Å². The molecule has 220 valence electrons. The predicted octanol–water partition coefficient (Wildman–Crippen LogP) is 10.5. The Labute approximate surface area is 231 Å². The van der Waals surface area contributed by atoms with Crippen LogP contribution in [0.5, 0.6) is 0 Å². The molecule has 0 saturated heterocycles. The van der Waals surface area contributed by atoms with E-state index < -0.39 is 5.92 Å². The molecule has 0 aliphatic rings. The minimum Gasteiger partial charge on any atom is -0.466 e. The number of unbranched alkanes of at least 4 members (excludes halogenated alkanes) is 22. The number of hydrogen-bond donors (Lipinski definition) is 0. The minimum absolute atomic E-state index is 0.121. The number of carbonyl (C=O) groups is 2. The molecule has 37 heavy (non-hydrogen) atoms. The molecule has 0 saturated carbocycles. The quantitative estimate of drug-likeness (QED) is 0.0721. The van der Waals surface area contributed by atoms with E-state index in [1.54, 1.807) is 6.92 Å². The summed E-state index contributed by atoms with van der Waals surface area (Å²) in [5.74, 6) is -0.977. The molecule has 1 atom stereocenters. The van der Waals surface area contributed by atoms with Gasteiger partial charge in [0.1, 0.15) is 0 Å². The zero-order valence-corrected chi connectivity index (χ0v) is 25.3. The van der Waals surface area contributed by atoms with E-state index in [1.165, 1.54) is 128 Å². The van der Waals surface area contributed by atoms with E-state index in [4.69, 9.17) is 9.47 Å². The fraction of sp³-hybridized carbons (Fsp3) is 0.939. The summed E-state index contributed by atoms with van der Waals surface area (Å²) >= 11 is 0. The van der Waals surface area contributed by atoms with Crippen LogP contribution in [0.4, 0.5) is 0 Å². The molecule has 0 aromatic rings. The van der Waals surface area contributed by atoms with Crippen LogP contribution in [-0.2, 0) is 19.1 Å². The van der Waals surface area contributed by atoms with Crippen LogP contribution in [-0.4, -0.2) is 25.2 Å². The maximum atomic E-state index is 12.1. The molecule has 4 nitrogen and oxygen atoms in total. The molecule has 0 fully saturated rings. The van der Waals surface area contributed by atoms with Gasteiger partial charge in [-0.25, -0.2) is 0 Å². The monoisotopic (exact) mass is 524 g/mol. The summed E-state index contributed by atoms with van der Waals surface area (Å²) in [4.78, 5) is 24.2. The SMILES string of the molecule is CCCCCCCCCCCCCCOC(=O)CC(C)C(=O)OCCCCCCCCCCCCCC. The molecule has 4 heteroatoms. The second-order valence-corrected chi connectivity index (χ2v) is 11.3. The standard InChI is InChI=1S/C33H64O4/c1-4-6-8-10-12-14-16-18-20-22-24-26-28-36-32(34)30-31(3)33(35)37-29-27-25-23-21-19-17-15-13-11-9-7-5-2/h31H,4-30H2,1-3H3. The van der Waals surface area contributed by atoms with Crippen molar-refractivity contribution in [2.75, 3.05) is 13.2 Å². The molecule has 0 bridgehead atoms. The van der Waals surface area contributed by atoms with Crippen LogP contribution >= 0.6 is 0 Å². The van der Waals surface area contributed by atoms with Gasteiger partial charge in [0.2, 0.25) is 0 Å². The first-order valence-corrected chi connectivity index (χ1v) is 16.4. The highest BCUT2D eigenvalue weighted by molar-refractivity contribution is 5.79. The summed E-state index contributed by atoms with van der Waals surface area (Å²) in [6.45, 7) is 7.22. The Hall–Kier alpha value is -1.06. The maximum absolute atomic E-state index is 12.1. The Morgan fingerprint density at radius 1 is 0.459 bits per heavy atom. The van der Waals surface area contributed by atoms with Crippen LogP contribution in [0.1, 0.15) is 181 Å². The molecule has 0 rings (SSSR count). The zero-order chi connectivity index (χ0) is 27.2. The highest BCUT2D eigenvalue weighted by atomic mass is 16.5. The number of rotatable bonds is 29. The Balaban J connectivity index is 3.43. The second-order valence-electron chi connectivity index (χ2n) is 11.3. The van der Waals surface area contributed by atoms with Gasteiger partial charge < -0.3 is 9.47 Å². The summed E-state index contributed by atoms with van der Waals surface area (Å²) in [7, 11) is 0. The Kier molecular flexibility index (Phi) is 28.7. The fourth-order valence-corrected chi connectivity index (χ4v) is 4.78. The Morgan fingerprint density at radius 3 is 1.11 bits per heavy atom. The molecule has 0 aliphatic carbocycles.